The summed E-state index contributed by atoms with van der Waals surface area (Å²) in [5, 5.41) is 11.1. The van der Waals surface area contributed by atoms with Crippen molar-refractivity contribution in [1.82, 2.24) is 0 Å². The molecule has 30 heavy (non-hydrogen) atoms. The summed E-state index contributed by atoms with van der Waals surface area (Å²) in [4.78, 5) is 12.2. The number of phenolic OH excluding ortho intramolecular Hbond substituents is 1. The van der Waals surface area contributed by atoms with Crippen LogP contribution in [0, 0.1) is 0 Å². The van der Waals surface area contributed by atoms with Gasteiger partial charge in [0.1, 0.15) is 5.75 Å². The molecular formula is C26H18O4. The van der Waals surface area contributed by atoms with E-state index in [0.717, 1.165) is 28.5 Å². The molecule has 0 bridgehead atoms. The van der Waals surface area contributed by atoms with Gasteiger partial charge < -0.3 is 14.6 Å². The van der Waals surface area contributed by atoms with Gasteiger partial charge in [-0.15, -0.1) is 0 Å². The van der Waals surface area contributed by atoms with E-state index in [1.54, 1.807) is 0 Å². The predicted molar refractivity (Wildman–Crippen MR) is 116 cm³/mol. The highest BCUT2D eigenvalue weighted by Crippen LogP contribution is 2.45. The second-order valence-corrected chi connectivity index (χ2v) is 7.03. The highest BCUT2D eigenvalue weighted by Gasteiger charge is 2.22. The van der Waals surface area contributed by atoms with E-state index in [9.17, 15) is 9.90 Å². The molecule has 0 aliphatic carbocycles. The first-order valence-corrected chi connectivity index (χ1v) is 9.62. The molecule has 0 spiro atoms. The van der Waals surface area contributed by atoms with Gasteiger partial charge in [-0.25, -0.2) is 0 Å². The van der Waals surface area contributed by atoms with Gasteiger partial charge in [0.2, 0.25) is 6.79 Å². The summed E-state index contributed by atoms with van der Waals surface area (Å²) in [5.74, 6) is 1.23. The standard InChI is InChI=1S/C26H18O4/c27-15-22-25(18-9-5-2-6-10-18)20(17-7-3-1-4-8-17)14-21(26(22)28)19-11-12-23-24(13-19)30-16-29-23/h1-15,28H,16H2. The zero-order valence-corrected chi connectivity index (χ0v) is 16.0. The molecule has 5 rings (SSSR count). The van der Waals surface area contributed by atoms with E-state index in [4.69, 9.17) is 9.47 Å². The third-order valence-corrected chi connectivity index (χ3v) is 5.29. The Labute approximate surface area is 174 Å². The lowest BCUT2D eigenvalue weighted by Crippen LogP contribution is -1.96. The summed E-state index contributed by atoms with van der Waals surface area (Å²) < 4.78 is 10.9. The summed E-state index contributed by atoms with van der Waals surface area (Å²) in [6, 6.07) is 26.9. The van der Waals surface area contributed by atoms with Crippen molar-refractivity contribution in [2.75, 3.05) is 6.79 Å². The molecule has 4 heteroatoms. The van der Waals surface area contributed by atoms with Gasteiger partial charge in [0.25, 0.3) is 0 Å². The van der Waals surface area contributed by atoms with Crippen LogP contribution in [-0.2, 0) is 0 Å². The number of aromatic hydroxyl groups is 1. The zero-order chi connectivity index (χ0) is 20.5. The van der Waals surface area contributed by atoms with E-state index in [-0.39, 0.29) is 18.1 Å². The summed E-state index contributed by atoms with van der Waals surface area (Å²) in [6.45, 7) is 0.173. The Morgan fingerprint density at radius 2 is 1.37 bits per heavy atom. The first-order valence-electron chi connectivity index (χ1n) is 9.62. The molecule has 0 saturated carbocycles. The molecule has 0 saturated heterocycles. The van der Waals surface area contributed by atoms with E-state index in [1.165, 1.54) is 0 Å². The maximum Gasteiger partial charge on any atom is 0.231 e. The van der Waals surface area contributed by atoms with Crippen LogP contribution in [0.15, 0.2) is 84.9 Å². The fourth-order valence-electron chi connectivity index (χ4n) is 3.85. The number of rotatable bonds is 4. The number of ether oxygens (including phenoxy) is 2. The number of fused-ring (bicyclic) bond motifs is 1. The average Bonchev–Trinajstić information content (AvgIpc) is 3.28. The number of phenols is 1. The highest BCUT2D eigenvalue weighted by atomic mass is 16.7. The van der Waals surface area contributed by atoms with Crippen molar-refractivity contribution < 1.29 is 19.4 Å². The Hall–Kier alpha value is -4.05. The van der Waals surface area contributed by atoms with E-state index < -0.39 is 0 Å². The summed E-state index contributed by atoms with van der Waals surface area (Å²) in [6.07, 6.45) is 0.723. The van der Waals surface area contributed by atoms with E-state index in [0.29, 0.717) is 22.6 Å². The number of hydrogen-bond acceptors (Lipinski definition) is 4. The minimum Gasteiger partial charge on any atom is -0.507 e. The van der Waals surface area contributed by atoms with Gasteiger partial charge in [-0.05, 0) is 40.5 Å². The van der Waals surface area contributed by atoms with Gasteiger partial charge in [-0.3, -0.25) is 4.79 Å². The molecule has 4 aromatic rings. The molecule has 1 aliphatic heterocycles. The van der Waals surface area contributed by atoms with E-state index in [1.807, 2.05) is 84.9 Å². The van der Waals surface area contributed by atoms with Crippen LogP contribution < -0.4 is 9.47 Å². The monoisotopic (exact) mass is 394 g/mol. The van der Waals surface area contributed by atoms with Gasteiger partial charge >= 0.3 is 0 Å². The maximum absolute atomic E-state index is 12.2. The Morgan fingerprint density at radius 1 is 0.700 bits per heavy atom. The van der Waals surface area contributed by atoms with Crippen molar-refractivity contribution >= 4 is 6.29 Å². The number of hydrogen-bond donors (Lipinski definition) is 1. The number of aldehydes is 1. The van der Waals surface area contributed by atoms with Crippen LogP contribution in [0.5, 0.6) is 17.2 Å². The minimum atomic E-state index is -0.0533. The number of carbonyl (C=O) groups excluding carboxylic acids is 1. The summed E-state index contributed by atoms with van der Waals surface area (Å²) in [5.41, 5.74) is 4.97. The molecule has 4 aromatic carbocycles. The van der Waals surface area contributed by atoms with Crippen molar-refractivity contribution in [2.24, 2.45) is 0 Å². The normalized spacial score (nSPS) is 12.0. The Bertz CT molecular complexity index is 1230. The first-order chi connectivity index (χ1) is 14.8. The second kappa shape index (κ2) is 7.41. The Morgan fingerprint density at radius 3 is 2.07 bits per heavy atom. The molecule has 0 fully saturated rings. The van der Waals surface area contributed by atoms with Crippen LogP contribution >= 0.6 is 0 Å². The van der Waals surface area contributed by atoms with Crippen LogP contribution in [0.1, 0.15) is 10.4 Å². The van der Waals surface area contributed by atoms with E-state index >= 15 is 0 Å². The zero-order valence-electron chi connectivity index (χ0n) is 16.0. The lowest BCUT2D eigenvalue weighted by Gasteiger charge is -2.18. The van der Waals surface area contributed by atoms with E-state index in [2.05, 4.69) is 0 Å². The Kier molecular flexibility index (Phi) is 4.45. The molecule has 0 radical (unpaired) electrons. The largest absolute Gasteiger partial charge is 0.507 e. The maximum atomic E-state index is 12.2. The minimum absolute atomic E-state index is 0.0533. The molecule has 0 amide bonds. The average molecular weight is 394 g/mol. The van der Waals surface area contributed by atoms with Gasteiger partial charge in [-0.1, -0.05) is 66.7 Å². The lowest BCUT2D eigenvalue weighted by atomic mass is 9.86. The van der Waals surface area contributed by atoms with Crippen molar-refractivity contribution in [3.63, 3.8) is 0 Å². The van der Waals surface area contributed by atoms with Crippen LogP contribution in [0.4, 0.5) is 0 Å². The van der Waals surface area contributed by atoms with Crippen LogP contribution in [0.2, 0.25) is 0 Å². The lowest BCUT2D eigenvalue weighted by molar-refractivity contribution is 0.112. The van der Waals surface area contributed by atoms with Crippen molar-refractivity contribution in [1.29, 1.82) is 0 Å². The third kappa shape index (κ3) is 2.99. The quantitative estimate of drug-likeness (QED) is 0.436. The predicted octanol–water partition coefficient (Wildman–Crippen LogP) is 5.93. The number of carbonyl (C=O) groups is 1. The SMILES string of the molecule is O=Cc1c(O)c(-c2ccc3c(c2)OCO3)cc(-c2ccccc2)c1-c1ccccc1. The van der Waals surface area contributed by atoms with Crippen molar-refractivity contribution in [3.05, 3.63) is 90.5 Å². The molecular weight excluding hydrogens is 376 g/mol. The molecule has 1 aliphatic rings. The number of benzene rings is 4. The molecule has 1 N–H and O–H groups in total. The smallest absolute Gasteiger partial charge is 0.231 e. The van der Waals surface area contributed by atoms with Crippen LogP contribution in [0.25, 0.3) is 33.4 Å². The van der Waals surface area contributed by atoms with Gasteiger partial charge in [0.15, 0.2) is 17.8 Å². The van der Waals surface area contributed by atoms with Crippen molar-refractivity contribution in [2.45, 2.75) is 0 Å². The second-order valence-electron chi connectivity index (χ2n) is 7.03. The molecule has 146 valence electrons. The summed E-state index contributed by atoms with van der Waals surface area (Å²) in [7, 11) is 0. The Balaban J connectivity index is 1.81. The topological polar surface area (TPSA) is 55.8 Å². The van der Waals surface area contributed by atoms with Gasteiger partial charge in [0.05, 0.1) is 5.56 Å². The molecule has 1 heterocycles. The third-order valence-electron chi connectivity index (χ3n) is 5.29. The van der Waals surface area contributed by atoms with Crippen LogP contribution in [-0.4, -0.2) is 18.2 Å². The fraction of sp³-hybridized carbons (Fsp3) is 0.0385. The molecule has 0 atom stereocenters. The van der Waals surface area contributed by atoms with Crippen molar-refractivity contribution in [3.8, 4) is 50.6 Å². The highest BCUT2D eigenvalue weighted by molar-refractivity contribution is 6.02. The molecule has 0 aromatic heterocycles. The summed E-state index contributed by atoms with van der Waals surface area (Å²) >= 11 is 0. The molecule has 4 nitrogen and oxygen atoms in total. The first kappa shape index (κ1) is 18.0. The fourth-order valence-corrected chi connectivity index (χ4v) is 3.85. The van der Waals surface area contributed by atoms with Crippen LogP contribution in [0.3, 0.4) is 0 Å². The van der Waals surface area contributed by atoms with Gasteiger partial charge in [-0.2, -0.15) is 0 Å². The van der Waals surface area contributed by atoms with Gasteiger partial charge in [0, 0.05) is 11.1 Å². The molecule has 0 unspecified atom stereocenters.